The number of rotatable bonds is 8. The van der Waals surface area contributed by atoms with Crippen molar-refractivity contribution in [3.8, 4) is 67.0 Å². The smallest absolute Gasteiger partial charge is 0.0713 e. The third-order valence-electron chi connectivity index (χ3n) is 18.0. The van der Waals surface area contributed by atoms with Crippen LogP contribution in [0.2, 0.25) is 0 Å². The van der Waals surface area contributed by atoms with Crippen LogP contribution in [0.3, 0.4) is 0 Å². The number of hydrogen-bond acceptors (Lipinski definition) is 0. The van der Waals surface area contributed by atoms with Gasteiger partial charge in [0.15, 0.2) is 0 Å². The first kappa shape index (κ1) is 47.1. The second-order valence-electron chi connectivity index (χ2n) is 22.3. The Morgan fingerprint density at radius 1 is 0.205 bits per heavy atom. The van der Waals surface area contributed by atoms with Crippen molar-refractivity contribution in [3.63, 3.8) is 0 Å². The Bertz CT molecular complexity index is 4890. The minimum atomic E-state index is -0.569. The van der Waals surface area contributed by atoms with Gasteiger partial charge in [0.2, 0.25) is 0 Å². The summed E-state index contributed by atoms with van der Waals surface area (Å²) in [5.41, 5.74) is 23.8. The Morgan fingerprint density at radius 2 is 0.518 bits per heavy atom. The van der Waals surface area contributed by atoms with E-state index in [4.69, 9.17) is 0 Å². The lowest BCUT2D eigenvalue weighted by Crippen LogP contribution is -2.28. The molecule has 1 aliphatic rings. The molecule has 386 valence electrons. The van der Waals surface area contributed by atoms with Crippen molar-refractivity contribution in [2.45, 2.75) is 5.41 Å². The first-order valence-corrected chi connectivity index (χ1v) is 28.8. The van der Waals surface area contributed by atoms with E-state index in [0.29, 0.717) is 0 Å². The molecule has 2 nitrogen and oxygen atoms in total. The molecule has 1 aliphatic carbocycles. The highest BCUT2D eigenvalue weighted by molar-refractivity contribution is 6.13. The molecule has 0 saturated carbocycles. The van der Waals surface area contributed by atoms with Crippen LogP contribution < -0.4 is 0 Å². The van der Waals surface area contributed by atoms with Crippen molar-refractivity contribution < 1.29 is 0 Å². The predicted molar refractivity (Wildman–Crippen MR) is 349 cm³/mol. The molecule has 0 radical (unpaired) electrons. The number of hydrogen-bond donors (Lipinski definition) is 0. The fourth-order valence-electron chi connectivity index (χ4n) is 14.2. The van der Waals surface area contributed by atoms with Gasteiger partial charge in [-0.1, -0.05) is 255 Å². The molecule has 17 rings (SSSR count). The van der Waals surface area contributed by atoms with Crippen LogP contribution in [0.25, 0.3) is 132 Å². The maximum Gasteiger partial charge on any atom is 0.0713 e. The van der Waals surface area contributed by atoms with E-state index >= 15 is 0 Å². The highest BCUT2D eigenvalue weighted by Crippen LogP contribution is 2.57. The Morgan fingerprint density at radius 3 is 0.940 bits per heavy atom. The number of nitrogens with zero attached hydrogens (tertiary/aromatic N) is 2. The summed E-state index contributed by atoms with van der Waals surface area (Å²) < 4.78 is 4.87. The van der Waals surface area contributed by atoms with Crippen LogP contribution >= 0.6 is 0 Å². The first-order valence-electron chi connectivity index (χ1n) is 28.8. The van der Waals surface area contributed by atoms with E-state index < -0.39 is 5.41 Å². The molecule has 0 atom stereocenters. The Labute approximate surface area is 481 Å². The van der Waals surface area contributed by atoms with E-state index in [1.807, 2.05) is 0 Å². The van der Waals surface area contributed by atoms with Gasteiger partial charge in [0.25, 0.3) is 0 Å². The second kappa shape index (κ2) is 18.6. The van der Waals surface area contributed by atoms with E-state index in [2.05, 4.69) is 325 Å². The molecule has 0 saturated heterocycles. The lowest BCUT2D eigenvalue weighted by molar-refractivity contribution is 0.769. The van der Waals surface area contributed by atoms with Crippen LogP contribution in [0.5, 0.6) is 0 Å². The summed E-state index contributed by atoms with van der Waals surface area (Å²) in [6, 6.07) is 117. The number of benzene rings is 14. The lowest BCUT2D eigenvalue weighted by Gasteiger charge is -2.34. The number of para-hydroxylation sites is 2. The molecule has 0 fully saturated rings. The summed E-state index contributed by atoms with van der Waals surface area (Å²) in [5.74, 6) is 0. The fraction of sp³-hybridized carbons (Fsp3) is 0.0123. The van der Waals surface area contributed by atoms with Crippen molar-refractivity contribution >= 4 is 65.2 Å². The summed E-state index contributed by atoms with van der Waals surface area (Å²) in [7, 11) is 0. The predicted octanol–water partition coefficient (Wildman–Crippen LogP) is 21.2. The number of fused-ring (bicyclic) bond motifs is 11. The van der Waals surface area contributed by atoms with Crippen LogP contribution in [0.4, 0.5) is 0 Å². The monoisotopic (exact) mass is 1050 g/mol. The molecule has 0 amide bonds. The molecule has 0 aliphatic heterocycles. The van der Waals surface area contributed by atoms with Crippen LogP contribution in [-0.2, 0) is 5.41 Å². The van der Waals surface area contributed by atoms with Crippen molar-refractivity contribution in [3.05, 3.63) is 338 Å². The minimum Gasteiger partial charge on any atom is -0.309 e. The summed E-state index contributed by atoms with van der Waals surface area (Å²) in [4.78, 5) is 0. The minimum absolute atomic E-state index is 0.569. The van der Waals surface area contributed by atoms with Crippen LogP contribution in [-0.4, -0.2) is 9.13 Å². The third-order valence-corrected chi connectivity index (χ3v) is 18.0. The van der Waals surface area contributed by atoms with Gasteiger partial charge in [-0.25, -0.2) is 0 Å². The van der Waals surface area contributed by atoms with Crippen LogP contribution in [0.15, 0.2) is 315 Å². The average molecular weight is 1050 g/mol. The van der Waals surface area contributed by atoms with Gasteiger partial charge in [-0.05, 0) is 149 Å². The quantitative estimate of drug-likeness (QED) is 0.144. The molecule has 0 bridgehead atoms. The van der Waals surface area contributed by atoms with Gasteiger partial charge in [0.05, 0.1) is 38.9 Å². The Hall–Kier alpha value is -10.8. The molecule has 14 aromatic carbocycles. The van der Waals surface area contributed by atoms with Crippen molar-refractivity contribution in [2.75, 3.05) is 0 Å². The molecule has 0 spiro atoms. The Kier molecular flexibility index (Phi) is 10.6. The highest BCUT2D eigenvalue weighted by Gasteiger charge is 2.46. The van der Waals surface area contributed by atoms with Gasteiger partial charge >= 0.3 is 0 Å². The van der Waals surface area contributed by atoms with Crippen molar-refractivity contribution in [1.82, 2.24) is 9.13 Å². The molecule has 0 unspecified atom stereocenters. The van der Waals surface area contributed by atoms with E-state index in [-0.39, 0.29) is 0 Å². The zero-order valence-corrected chi connectivity index (χ0v) is 45.4. The molecule has 2 aromatic heterocycles. The maximum absolute atomic E-state index is 2.48. The van der Waals surface area contributed by atoms with Gasteiger partial charge in [-0.2, -0.15) is 0 Å². The van der Waals surface area contributed by atoms with Crippen LogP contribution in [0, 0.1) is 0 Å². The zero-order valence-electron chi connectivity index (χ0n) is 45.4. The lowest BCUT2D eigenvalue weighted by atomic mass is 9.67. The maximum atomic E-state index is 2.48. The standard InChI is InChI=1S/C81H52N2/c1-3-21-63(22-4-1)81(64-23-5-2-6-24-64)73-51-61(55-37-33-53(34-38-55)59-43-47-79-71(49-59)69-27-11-13-29-77(69)82(79)75-31-15-19-57-17-7-9-25-65(57)75)41-45-67(73)68-46-42-62(52-74(68)81)56-39-35-54(36-40-56)60-44-48-80-72(50-60)70-28-12-14-30-78(70)83(80)76-32-16-20-58-18-8-10-26-66(58)76/h1-52H. The van der Waals surface area contributed by atoms with Crippen LogP contribution in [0.1, 0.15) is 22.3 Å². The van der Waals surface area contributed by atoms with Crippen molar-refractivity contribution in [2.24, 2.45) is 0 Å². The van der Waals surface area contributed by atoms with Gasteiger partial charge in [-0.3, -0.25) is 0 Å². The molecule has 2 heteroatoms. The SMILES string of the molecule is c1ccc(C2(c3ccccc3)c3cc(-c4ccc(-c5ccc6c(c5)c5ccccc5n6-c5cccc6ccccc56)cc4)ccc3-c3ccc(-c4ccc(-c5ccc6c(c5)c5ccccc5n6-c5cccc6ccccc56)cc4)cc32)cc1. The normalized spacial score (nSPS) is 12.7. The van der Waals surface area contributed by atoms with Crippen molar-refractivity contribution in [1.29, 1.82) is 0 Å². The average Bonchev–Trinajstić information content (AvgIpc) is 4.21. The molecule has 16 aromatic rings. The molecule has 0 N–H and O–H groups in total. The van der Waals surface area contributed by atoms with E-state index in [1.165, 1.54) is 154 Å². The van der Waals surface area contributed by atoms with E-state index in [0.717, 1.165) is 0 Å². The fourth-order valence-corrected chi connectivity index (χ4v) is 14.2. The van der Waals surface area contributed by atoms with Gasteiger partial charge in [0, 0.05) is 32.3 Å². The summed E-state index contributed by atoms with van der Waals surface area (Å²) in [6.07, 6.45) is 0. The first-order chi connectivity index (χ1) is 41.2. The van der Waals surface area contributed by atoms with Gasteiger partial charge in [0.1, 0.15) is 0 Å². The summed E-state index contributed by atoms with van der Waals surface area (Å²) in [6.45, 7) is 0. The summed E-state index contributed by atoms with van der Waals surface area (Å²) >= 11 is 0. The second-order valence-corrected chi connectivity index (χ2v) is 22.3. The zero-order chi connectivity index (χ0) is 54.6. The molecular formula is C81H52N2. The Balaban J connectivity index is 0.736. The summed E-state index contributed by atoms with van der Waals surface area (Å²) in [5, 5.41) is 9.97. The topological polar surface area (TPSA) is 9.86 Å². The molecular weight excluding hydrogens is 1000 g/mol. The number of aromatic nitrogens is 2. The third kappa shape index (κ3) is 7.23. The largest absolute Gasteiger partial charge is 0.309 e. The van der Waals surface area contributed by atoms with Gasteiger partial charge in [-0.15, -0.1) is 0 Å². The highest BCUT2D eigenvalue weighted by atomic mass is 15.0. The van der Waals surface area contributed by atoms with E-state index in [9.17, 15) is 0 Å². The molecule has 83 heavy (non-hydrogen) atoms. The molecule has 2 heterocycles. The van der Waals surface area contributed by atoms with Gasteiger partial charge < -0.3 is 9.13 Å². The van der Waals surface area contributed by atoms with E-state index in [1.54, 1.807) is 0 Å².